The monoisotopic (exact) mass is 205 g/mol. The Balaban J connectivity index is 2.68. The maximum absolute atomic E-state index is 11.3. The molecule has 0 aromatic heterocycles. The maximum Gasteiger partial charge on any atom is 0.252 e. The fourth-order valence-electron chi connectivity index (χ4n) is 2.41. The van der Waals surface area contributed by atoms with Gasteiger partial charge in [0.2, 0.25) is 0 Å². The predicted molar refractivity (Wildman–Crippen MR) is 58.0 cm³/mol. The quantitative estimate of drug-likeness (QED) is 0.732. The molecule has 0 bridgehead atoms. The molecule has 3 N–H and O–H groups in total. The van der Waals surface area contributed by atoms with Crippen molar-refractivity contribution in [2.75, 3.05) is 0 Å². The van der Waals surface area contributed by atoms with Crippen molar-refractivity contribution in [3.05, 3.63) is 28.3 Å². The number of nitrogens with two attached hydrogens (primary N) is 1. The van der Waals surface area contributed by atoms with Gasteiger partial charge >= 0.3 is 0 Å². The van der Waals surface area contributed by atoms with Crippen molar-refractivity contribution in [2.24, 2.45) is 5.73 Å². The number of carbonyl (C=O) groups excluding carboxylic acids is 1. The Labute approximate surface area is 88.9 Å². The van der Waals surface area contributed by atoms with Crippen molar-refractivity contribution in [1.29, 1.82) is 0 Å². The van der Waals surface area contributed by atoms with Crippen LogP contribution in [-0.4, -0.2) is 11.0 Å². The molecular formula is C12H15NO2. The largest absolute Gasteiger partial charge is 0.507 e. The molecule has 1 aliphatic carbocycles. The smallest absolute Gasteiger partial charge is 0.252 e. The van der Waals surface area contributed by atoms with E-state index in [2.05, 4.69) is 0 Å². The molecular weight excluding hydrogens is 190 g/mol. The number of phenols is 1. The number of aromatic hydroxyl groups is 1. The molecule has 0 unspecified atom stereocenters. The zero-order valence-corrected chi connectivity index (χ0v) is 8.84. The van der Waals surface area contributed by atoms with Crippen molar-refractivity contribution in [1.82, 2.24) is 0 Å². The number of benzene rings is 1. The summed E-state index contributed by atoms with van der Waals surface area (Å²) in [6.07, 6.45) is 4.05. The summed E-state index contributed by atoms with van der Waals surface area (Å²) in [6.45, 7) is 1.97. The zero-order valence-electron chi connectivity index (χ0n) is 8.84. The second-order valence-electron chi connectivity index (χ2n) is 4.12. The molecule has 0 saturated carbocycles. The molecule has 2 rings (SSSR count). The Hall–Kier alpha value is -1.51. The molecule has 0 fully saturated rings. The van der Waals surface area contributed by atoms with E-state index in [0.29, 0.717) is 5.56 Å². The van der Waals surface area contributed by atoms with Gasteiger partial charge in [-0.05, 0) is 55.4 Å². The Kier molecular flexibility index (Phi) is 2.39. The van der Waals surface area contributed by atoms with Crippen LogP contribution in [0.1, 0.15) is 39.9 Å². The molecule has 0 atom stereocenters. The molecule has 1 aliphatic rings. The highest BCUT2D eigenvalue weighted by atomic mass is 16.3. The summed E-state index contributed by atoms with van der Waals surface area (Å²) < 4.78 is 0. The minimum atomic E-state index is -0.523. The van der Waals surface area contributed by atoms with E-state index in [0.717, 1.165) is 36.8 Å². The first kappa shape index (κ1) is 10.0. The minimum absolute atomic E-state index is 0.0284. The highest BCUT2D eigenvalue weighted by Crippen LogP contribution is 2.32. The van der Waals surface area contributed by atoms with Gasteiger partial charge in [-0.2, -0.15) is 0 Å². The van der Waals surface area contributed by atoms with Crippen LogP contribution in [-0.2, 0) is 12.8 Å². The molecule has 80 valence electrons. The number of fused-ring (bicyclic) bond motifs is 1. The van der Waals surface area contributed by atoms with Crippen molar-refractivity contribution >= 4 is 5.91 Å². The molecule has 0 radical (unpaired) electrons. The third-order valence-corrected chi connectivity index (χ3v) is 3.10. The molecule has 1 amide bonds. The predicted octanol–water partition coefficient (Wildman–Crippen LogP) is 1.68. The van der Waals surface area contributed by atoms with Crippen LogP contribution in [0.25, 0.3) is 0 Å². The molecule has 0 aliphatic heterocycles. The average molecular weight is 205 g/mol. The first-order valence-electron chi connectivity index (χ1n) is 5.25. The number of primary amides is 1. The number of aryl methyl sites for hydroxylation is 1. The molecule has 0 saturated heterocycles. The lowest BCUT2D eigenvalue weighted by atomic mass is 9.85. The lowest BCUT2D eigenvalue weighted by Gasteiger charge is -2.21. The fraction of sp³-hybridized carbons (Fsp3) is 0.417. The zero-order chi connectivity index (χ0) is 11.0. The lowest BCUT2D eigenvalue weighted by Crippen LogP contribution is -2.18. The van der Waals surface area contributed by atoms with Crippen LogP contribution in [0, 0.1) is 6.92 Å². The summed E-state index contributed by atoms with van der Waals surface area (Å²) in [6, 6.07) is 1.64. The van der Waals surface area contributed by atoms with E-state index in [9.17, 15) is 9.90 Å². The minimum Gasteiger partial charge on any atom is -0.507 e. The van der Waals surface area contributed by atoms with E-state index in [4.69, 9.17) is 5.73 Å². The third-order valence-electron chi connectivity index (χ3n) is 3.10. The van der Waals surface area contributed by atoms with E-state index >= 15 is 0 Å². The molecule has 3 nitrogen and oxygen atoms in total. The van der Waals surface area contributed by atoms with Gasteiger partial charge in [0, 0.05) is 0 Å². The normalized spacial score (nSPS) is 14.7. The molecule has 0 heterocycles. The summed E-state index contributed by atoms with van der Waals surface area (Å²) >= 11 is 0. The van der Waals surface area contributed by atoms with Gasteiger partial charge in [-0.3, -0.25) is 4.79 Å². The molecule has 1 aromatic rings. The Morgan fingerprint density at radius 1 is 1.33 bits per heavy atom. The van der Waals surface area contributed by atoms with Gasteiger partial charge in [0.25, 0.3) is 5.91 Å². The lowest BCUT2D eigenvalue weighted by molar-refractivity contribution is 0.0996. The Morgan fingerprint density at radius 3 is 2.53 bits per heavy atom. The third kappa shape index (κ3) is 1.58. The fourth-order valence-corrected chi connectivity index (χ4v) is 2.41. The van der Waals surface area contributed by atoms with Gasteiger partial charge in [0.15, 0.2) is 0 Å². The first-order chi connectivity index (χ1) is 7.11. The summed E-state index contributed by atoms with van der Waals surface area (Å²) in [7, 11) is 0. The summed E-state index contributed by atoms with van der Waals surface area (Å²) in [4.78, 5) is 11.3. The maximum atomic E-state index is 11.3. The molecule has 1 aromatic carbocycles. The second kappa shape index (κ2) is 3.57. The van der Waals surface area contributed by atoms with Crippen molar-refractivity contribution in [3.63, 3.8) is 0 Å². The number of amides is 1. The highest BCUT2D eigenvalue weighted by molar-refractivity contribution is 5.97. The summed E-state index contributed by atoms with van der Waals surface area (Å²) in [5.74, 6) is -0.494. The number of hydrogen-bond acceptors (Lipinski definition) is 2. The SMILES string of the molecule is Cc1cc(O)c(C(N)=O)c2c1CCCC2. The van der Waals surface area contributed by atoms with Gasteiger partial charge in [0.05, 0.1) is 5.56 Å². The van der Waals surface area contributed by atoms with Crippen molar-refractivity contribution < 1.29 is 9.90 Å². The highest BCUT2D eigenvalue weighted by Gasteiger charge is 2.21. The second-order valence-corrected chi connectivity index (χ2v) is 4.12. The van der Waals surface area contributed by atoms with Crippen LogP contribution in [0.2, 0.25) is 0 Å². The van der Waals surface area contributed by atoms with Crippen LogP contribution in [0.3, 0.4) is 0 Å². The van der Waals surface area contributed by atoms with Crippen molar-refractivity contribution in [2.45, 2.75) is 32.6 Å². The van der Waals surface area contributed by atoms with Gasteiger partial charge in [-0.1, -0.05) is 0 Å². The van der Waals surface area contributed by atoms with Gasteiger partial charge in [-0.25, -0.2) is 0 Å². The van der Waals surface area contributed by atoms with E-state index in [1.165, 1.54) is 5.56 Å². The standard InChI is InChI=1S/C12H15NO2/c1-7-6-10(14)11(12(13)15)9-5-3-2-4-8(7)9/h6,14H,2-5H2,1H3,(H2,13,15). The molecule has 3 heteroatoms. The van der Waals surface area contributed by atoms with E-state index in [1.807, 2.05) is 6.92 Å². The van der Waals surface area contributed by atoms with Crippen LogP contribution >= 0.6 is 0 Å². The van der Waals surface area contributed by atoms with Crippen molar-refractivity contribution in [3.8, 4) is 5.75 Å². The van der Waals surface area contributed by atoms with Crippen LogP contribution in [0.15, 0.2) is 6.07 Å². The van der Waals surface area contributed by atoms with Crippen LogP contribution in [0.4, 0.5) is 0 Å². The van der Waals surface area contributed by atoms with Crippen LogP contribution < -0.4 is 5.73 Å². The van der Waals surface area contributed by atoms with Crippen LogP contribution in [0.5, 0.6) is 5.75 Å². The van der Waals surface area contributed by atoms with E-state index in [1.54, 1.807) is 6.07 Å². The Morgan fingerprint density at radius 2 is 1.93 bits per heavy atom. The Bertz CT molecular complexity index is 424. The van der Waals surface area contributed by atoms with Gasteiger partial charge in [0.1, 0.15) is 5.75 Å². The summed E-state index contributed by atoms with van der Waals surface area (Å²) in [5, 5.41) is 9.72. The van der Waals surface area contributed by atoms with Gasteiger partial charge < -0.3 is 10.8 Å². The number of carbonyl (C=O) groups is 1. The molecule has 15 heavy (non-hydrogen) atoms. The average Bonchev–Trinajstić information content (AvgIpc) is 2.17. The topological polar surface area (TPSA) is 63.3 Å². The number of rotatable bonds is 1. The number of hydrogen-bond donors (Lipinski definition) is 2. The first-order valence-corrected chi connectivity index (χ1v) is 5.25. The van der Waals surface area contributed by atoms with E-state index in [-0.39, 0.29) is 5.75 Å². The van der Waals surface area contributed by atoms with E-state index < -0.39 is 5.91 Å². The van der Waals surface area contributed by atoms with Gasteiger partial charge in [-0.15, -0.1) is 0 Å². The summed E-state index contributed by atoms with van der Waals surface area (Å²) in [5.41, 5.74) is 8.85. The molecule has 0 spiro atoms.